The van der Waals surface area contributed by atoms with Crippen LogP contribution in [0.1, 0.15) is 26.7 Å². The van der Waals surface area contributed by atoms with E-state index >= 15 is 0 Å². The van der Waals surface area contributed by atoms with Gasteiger partial charge in [0.25, 0.3) is 0 Å². The van der Waals surface area contributed by atoms with E-state index in [1.165, 1.54) is 6.92 Å². The molecule has 0 aromatic rings. The third-order valence-corrected chi connectivity index (χ3v) is 1.51. The zero-order valence-electron chi connectivity index (χ0n) is 6.89. The molecular formula is C7H14N2OS. The number of amides is 1. The Balaban J connectivity index is 3.76. The maximum absolute atomic E-state index is 10.6. The molecule has 0 aliphatic rings. The zero-order chi connectivity index (χ0) is 8.85. The molecule has 0 saturated carbocycles. The average Bonchev–Trinajstić information content (AvgIpc) is 1.84. The summed E-state index contributed by atoms with van der Waals surface area (Å²) in [5, 5.41) is 2.75. The van der Waals surface area contributed by atoms with Crippen molar-refractivity contribution in [1.82, 2.24) is 5.32 Å². The number of thiocarbonyl (C=S) groups is 1. The molecule has 3 N–H and O–H groups in total. The lowest BCUT2D eigenvalue weighted by Gasteiger charge is -2.14. The summed E-state index contributed by atoms with van der Waals surface area (Å²) in [5.74, 6) is -0.0342. The Hall–Kier alpha value is -0.640. The van der Waals surface area contributed by atoms with Crippen molar-refractivity contribution < 1.29 is 4.79 Å². The van der Waals surface area contributed by atoms with E-state index in [-0.39, 0.29) is 11.9 Å². The fraction of sp³-hybridized carbons (Fsp3) is 0.714. The standard InChI is InChI=1S/C7H14N2OS/c1-3-6(4-7(8)11)9-5(2)10/h6H,3-4H2,1-2H3,(H2,8,11)(H,9,10). The summed E-state index contributed by atoms with van der Waals surface area (Å²) >= 11 is 4.72. The van der Waals surface area contributed by atoms with Gasteiger partial charge >= 0.3 is 0 Å². The number of nitrogens with two attached hydrogens (primary N) is 1. The van der Waals surface area contributed by atoms with Gasteiger partial charge in [-0.25, -0.2) is 0 Å². The smallest absolute Gasteiger partial charge is 0.217 e. The van der Waals surface area contributed by atoms with E-state index in [4.69, 9.17) is 18.0 Å². The number of rotatable bonds is 4. The second kappa shape index (κ2) is 5.07. The Morgan fingerprint density at radius 3 is 2.55 bits per heavy atom. The van der Waals surface area contributed by atoms with E-state index in [9.17, 15) is 4.79 Å². The maximum Gasteiger partial charge on any atom is 0.217 e. The number of hydrogen-bond donors (Lipinski definition) is 2. The minimum atomic E-state index is -0.0342. The van der Waals surface area contributed by atoms with E-state index in [2.05, 4.69) is 5.32 Å². The molecule has 4 heteroatoms. The van der Waals surface area contributed by atoms with E-state index in [1.54, 1.807) is 0 Å². The summed E-state index contributed by atoms with van der Waals surface area (Å²) in [4.78, 5) is 11.0. The van der Waals surface area contributed by atoms with Crippen molar-refractivity contribution in [2.75, 3.05) is 0 Å². The first kappa shape index (κ1) is 10.4. The van der Waals surface area contributed by atoms with Gasteiger partial charge in [-0.1, -0.05) is 19.1 Å². The van der Waals surface area contributed by atoms with Gasteiger partial charge in [0.2, 0.25) is 5.91 Å². The molecule has 0 aliphatic carbocycles. The van der Waals surface area contributed by atoms with E-state index in [0.717, 1.165) is 6.42 Å². The van der Waals surface area contributed by atoms with Crippen molar-refractivity contribution >= 4 is 23.1 Å². The predicted molar refractivity (Wildman–Crippen MR) is 49.3 cm³/mol. The van der Waals surface area contributed by atoms with Crippen molar-refractivity contribution in [3.8, 4) is 0 Å². The maximum atomic E-state index is 10.6. The van der Waals surface area contributed by atoms with Crippen LogP contribution in [0.3, 0.4) is 0 Å². The van der Waals surface area contributed by atoms with Gasteiger partial charge in [-0.05, 0) is 6.42 Å². The third-order valence-electron chi connectivity index (χ3n) is 1.35. The Bertz CT molecular complexity index is 143. The Labute approximate surface area is 72.3 Å². The Morgan fingerprint density at radius 1 is 1.73 bits per heavy atom. The molecule has 0 heterocycles. The second-order valence-corrected chi connectivity index (χ2v) is 3.00. The lowest BCUT2D eigenvalue weighted by molar-refractivity contribution is -0.119. The van der Waals surface area contributed by atoms with Gasteiger partial charge in [-0.15, -0.1) is 0 Å². The predicted octanol–water partition coefficient (Wildman–Crippen LogP) is 0.577. The molecule has 0 rings (SSSR count). The highest BCUT2D eigenvalue weighted by Crippen LogP contribution is 1.96. The molecular weight excluding hydrogens is 160 g/mol. The fourth-order valence-corrected chi connectivity index (χ4v) is 1.03. The number of carbonyl (C=O) groups is 1. The summed E-state index contributed by atoms with van der Waals surface area (Å²) in [5.41, 5.74) is 5.32. The lowest BCUT2D eigenvalue weighted by Crippen LogP contribution is -2.35. The van der Waals surface area contributed by atoms with Crippen LogP contribution in [0.15, 0.2) is 0 Å². The number of carbonyl (C=O) groups excluding carboxylic acids is 1. The lowest BCUT2D eigenvalue weighted by atomic mass is 10.1. The number of hydrogen-bond acceptors (Lipinski definition) is 2. The van der Waals surface area contributed by atoms with Crippen LogP contribution in [0, 0.1) is 0 Å². The van der Waals surface area contributed by atoms with Crippen molar-refractivity contribution in [1.29, 1.82) is 0 Å². The van der Waals surface area contributed by atoms with Crippen molar-refractivity contribution in [2.45, 2.75) is 32.7 Å². The van der Waals surface area contributed by atoms with Gasteiger partial charge in [0, 0.05) is 19.4 Å². The third kappa shape index (κ3) is 5.79. The number of nitrogens with one attached hydrogen (secondary N) is 1. The van der Waals surface area contributed by atoms with Gasteiger partial charge in [-0.2, -0.15) is 0 Å². The van der Waals surface area contributed by atoms with Crippen LogP contribution in [0.4, 0.5) is 0 Å². The fourth-order valence-electron chi connectivity index (χ4n) is 0.828. The molecule has 1 unspecified atom stereocenters. The largest absolute Gasteiger partial charge is 0.393 e. The van der Waals surface area contributed by atoms with Crippen LogP contribution in [-0.2, 0) is 4.79 Å². The zero-order valence-corrected chi connectivity index (χ0v) is 7.70. The highest BCUT2D eigenvalue weighted by atomic mass is 32.1. The topological polar surface area (TPSA) is 55.1 Å². The van der Waals surface area contributed by atoms with Crippen molar-refractivity contribution in [3.63, 3.8) is 0 Å². The van der Waals surface area contributed by atoms with Gasteiger partial charge in [0.05, 0.1) is 4.99 Å². The summed E-state index contributed by atoms with van der Waals surface area (Å²) in [6.45, 7) is 3.47. The first-order valence-corrected chi connectivity index (χ1v) is 4.02. The van der Waals surface area contributed by atoms with E-state index in [0.29, 0.717) is 11.4 Å². The molecule has 64 valence electrons. The van der Waals surface area contributed by atoms with E-state index < -0.39 is 0 Å². The summed E-state index contributed by atoms with van der Waals surface area (Å²) in [7, 11) is 0. The highest BCUT2D eigenvalue weighted by Gasteiger charge is 2.07. The van der Waals surface area contributed by atoms with Crippen molar-refractivity contribution in [2.24, 2.45) is 5.73 Å². The molecule has 11 heavy (non-hydrogen) atoms. The van der Waals surface area contributed by atoms with Crippen LogP contribution in [-0.4, -0.2) is 16.9 Å². The van der Waals surface area contributed by atoms with Gasteiger partial charge < -0.3 is 11.1 Å². The summed E-state index contributed by atoms with van der Waals surface area (Å²) in [6, 6.07) is 0.102. The van der Waals surface area contributed by atoms with Crippen LogP contribution in [0.25, 0.3) is 0 Å². The van der Waals surface area contributed by atoms with Crippen LogP contribution in [0.5, 0.6) is 0 Å². The molecule has 3 nitrogen and oxygen atoms in total. The average molecular weight is 174 g/mol. The summed E-state index contributed by atoms with van der Waals surface area (Å²) in [6.07, 6.45) is 1.45. The molecule has 0 fully saturated rings. The minimum Gasteiger partial charge on any atom is -0.393 e. The normalized spacial score (nSPS) is 12.2. The first-order valence-electron chi connectivity index (χ1n) is 3.61. The molecule has 0 radical (unpaired) electrons. The summed E-state index contributed by atoms with van der Waals surface area (Å²) < 4.78 is 0. The van der Waals surface area contributed by atoms with Crippen LogP contribution in [0.2, 0.25) is 0 Å². The van der Waals surface area contributed by atoms with Crippen LogP contribution >= 0.6 is 12.2 Å². The molecule has 1 amide bonds. The molecule has 0 aromatic heterocycles. The molecule has 0 spiro atoms. The van der Waals surface area contributed by atoms with Gasteiger partial charge in [0.15, 0.2) is 0 Å². The SMILES string of the molecule is CCC(CC(N)=S)NC(C)=O. The van der Waals surface area contributed by atoms with Crippen molar-refractivity contribution in [3.05, 3.63) is 0 Å². The molecule has 0 aliphatic heterocycles. The van der Waals surface area contributed by atoms with E-state index in [1.807, 2.05) is 6.92 Å². The molecule has 0 aromatic carbocycles. The quantitative estimate of drug-likeness (QED) is 0.613. The highest BCUT2D eigenvalue weighted by molar-refractivity contribution is 7.80. The second-order valence-electron chi connectivity index (χ2n) is 2.48. The molecule has 0 saturated heterocycles. The van der Waals surface area contributed by atoms with Gasteiger partial charge in [-0.3, -0.25) is 4.79 Å². The van der Waals surface area contributed by atoms with Crippen LogP contribution < -0.4 is 11.1 Å². The Morgan fingerprint density at radius 2 is 2.27 bits per heavy atom. The Kier molecular flexibility index (Phi) is 4.77. The molecule has 1 atom stereocenters. The minimum absolute atomic E-state index is 0.0342. The van der Waals surface area contributed by atoms with Gasteiger partial charge in [0.1, 0.15) is 0 Å². The first-order chi connectivity index (χ1) is 5.06. The monoisotopic (exact) mass is 174 g/mol. The molecule has 0 bridgehead atoms.